The molecular formula is C7H5BrF3NOS. The largest absolute Gasteiger partial charge is 0.573 e. The summed E-state index contributed by atoms with van der Waals surface area (Å²) >= 11 is 6.87. The molecular weight excluding hydrogens is 283 g/mol. The molecule has 0 aromatic heterocycles. The summed E-state index contributed by atoms with van der Waals surface area (Å²) in [6.45, 7) is 0. The third-order valence-electron chi connectivity index (χ3n) is 1.30. The Morgan fingerprint density at radius 2 is 1.93 bits per heavy atom. The molecule has 0 saturated carbocycles. The maximum atomic E-state index is 11.8. The van der Waals surface area contributed by atoms with Gasteiger partial charge in [-0.25, -0.2) is 0 Å². The minimum atomic E-state index is -4.74. The van der Waals surface area contributed by atoms with Crippen LogP contribution < -0.4 is 10.5 Å². The van der Waals surface area contributed by atoms with Crippen molar-refractivity contribution < 1.29 is 17.9 Å². The third kappa shape index (κ3) is 2.98. The lowest BCUT2D eigenvalue weighted by atomic mass is 10.3. The van der Waals surface area contributed by atoms with Gasteiger partial charge in [0.15, 0.2) is 0 Å². The molecule has 0 saturated heterocycles. The minimum absolute atomic E-state index is 0.0587. The van der Waals surface area contributed by atoms with Crippen molar-refractivity contribution in [1.82, 2.24) is 0 Å². The number of hydrogen-bond acceptors (Lipinski definition) is 3. The number of anilines is 1. The highest BCUT2D eigenvalue weighted by Gasteiger charge is 2.32. The van der Waals surface area contributed by atoms with E-state index in [-0.39, 0.29) is 10.6 Å². The van der Waals surface area contributed by atoms with E-state index in [1.54, 1.807) is 0 Å². The summed E-state index contributed by atoms with van der Waals surface area (Å²) in [5.41, 5.74) is 5.53. The van der Waals surface area contributed by atoms with Gasteiger partial charge in [-0.15, -0.1) is 25.8 Å². The summed E-state index contributed by atoms with van der Waals surface area (Å²) in [5.74, 6) is -0.415. The molecule has 1 rings (SSSR count). The van der Waals surface area contributed by atoms with Crippen molar-refractivity contribution in [1.29, 1.82) is 0 Å². The van der Waals surface area contributed by atoms with Crippen LogP contribution in [0.3, 0.4) is 0 Å². The zero-order valence-electron chi connectivity index (χ0n) is 6.60. The van der Waals surface area contributed by atoms with Gasteiger partial charge < -0.3 is 10.5 Å². The first-order chi connectivity index (χ1) is 6.29. The van der Waals surface area contributed by atoms with Gasteiger partial charge in [0.05, 0.1) is 0 Å². The van der Waals surface area contributed by atoms with Crippen molar-refractivity contribution in [2.24, 2.45) is 0 Å². The first kappa shape index (κ1) is 11.5. The quantitative estimate of drug-likeness (QED) is 0.614. The summed E-state index contributed by atoms with van der Waals surface area (Å²) in [6.07, 6.45) is -4.74. The van der Waals surface area contributed by atoms with Crippen molar-refractivity contribution in [3.05, 3.63) is 16.6 Å². The fourth-order valence-corrected chi connectivity index (χ4v) is 1.52. The zero-order chi connectivity index (χ0) is 10.9. The van der Waals surface area contributed by atoms with Crippen molar-refractivity contribution in [3.8, 4) is 5.75 Å². The molecule has 0 unspecified atom stereocenters. The van der Waals surface area contributed by atoms with E-state index in [0.717, 1.165) is 6.07 Å². The van der Waals surface area contributed by atoms with Crippen molar-refractivity contribution in [2.75, 3.05) is 5.73 Å². The molecule has 0 heterocycles. The first-order valence-corrected chi connectivity index (χ1v) is 4.57. The van der Waals surface area contributed by atoms with E-state index in [1.807, 2.05) is 0 Å². The maximum absolute atomic E-state index is 11.8. The van der Waals surface area contributed by atoms with Gasteiger partial charge in [-0.05, 0) is 22.0 Å². The molecule has 0 amide bonds. The number of nitrogen functional groups attached to an aromatic ring is 1. The Kier molecular flexibility index (Phi) is 3.20. The molecule has 1 aromatic carbocycles. The van der Waals surface area contributed by atoms with E-state index in [0.29, 0.717) is 4.47 Å². The Morgan fingerprint density at radius 3 is 2.43 bits per heavy atom. The normalized spacial score (nSPS) is 11.5. The van der Waals surface area contributed by atoms with Crippen LogP contribution in [-0.4, -0.2) is 6.36 Å². The predicted octanol–water partition coefficient (Wildman–Crippen LogP) is 3.22. The number of hydrogen-bond donors (Lipinski definition) is 2. The molecule has 0 fully saturated rings. The van der Waals surface area contributed by atoms with Gasteiger partial charge in [-0.2, -0.15) is 0 Å². The Morgan fingerprint density at radius 1 is 1.36 bits per heavy atom. The molecule has 14 heavy (non-hydrogen) atoms. The number of halogens is 4. The Labute approximate surface area is 91.8 Å². The topological polar surface area (TPSA) is 35.2 Å². The molecule has 0 radical (unpaired) electrons. The highest BCUT2D eigenvalue weighted by Crippen LogP contribution is 2.34. The lowest BCUT2D eigenvalue weighted by Crippen LogP contribution is -2.17. The van der Waals surface area contributed by atoms with Crippen molar-refractivity contribution in [3.63, 3.8) is 0 Å². The maximum Gasteiger partial charge on any atom is 0.573 e. The zero-order valence-corrected chi connectivity index (χ0v) is 9.08. The lowest BCUT2D eigenvalue weighted by molar-refractivity contribution is -0.275. The smallest absolute Gasteiger partial charge is 0.405 e. The van der Waals surface area contributed by atoms with E-state index in [2.05, 4.69) is 33.3 Å². The molecule has 2 N–H and O–H groups in total. The Balaban J connectivity index is 3.04. The number of rotatable bonds is 1. The SMILES string of the molecule is Nc1cc(OC(F)(F)F)c(S)cc1Br. The average molecular weight is 288 g/mol. The summed E-state index contributed by atoms with van der Waals surface area (Å²) in [7, 11) is 0. The summed E-state index contributed by atoms with van der Waals surface area (Å²) < 4.78 is 39.7. The van der Waals surface area contributed by atoms with Crippen LogP contribution in [0.5, 0.6) is 5.75 Å². The fraction of sp³-hybridized carbons (Fsp3) is 0.143. The molecule has 1 aromatic rings. The summed E-state index contributed by atoms with van der Waals surface area (Å²) in [6, 6.07) is 2.39. The van der Waals surface area contributed by atoms with E-state index in [1.165, 1.54) is 6.07 Å². The molecule has 78 valence electrons. The van der Waals surface area contributed by atoms with Gasteiger partial charge in [0.25, 0.3) is 0 Å². The van der Waals surface area contributed by atoms with Crippen LogP contribution in [0.25, 0.3) is 0 Å². The first-order valence-electron chi connectivity index (χ1n) is 3.33. The standard InChI is InChI=1S/C7H5BrF3NOS/c8-3-1-6(14)5(2-4(3)12)13-7(9,10)11/h1-2,14H,12H2. The molecule has 7 heteroatoms. The minimum Gasteiger partial charge on any atom is -0.405 e. The number of ether oxygens (including phenoxy) is 1. The van der Waals surface area contributed by atoms with Crippen LogP contribution >= 0.6 is 28.6 Å². The van der Waals surface area contributed by atoms with E-state index < -0.39 is 12.1 Å². The van der Waals surface area contributed by atoms with Gasteiger partial charge in [0.2, 0.25) is 0 Å². The average Bonchev–Trinajstić information content (AvgIpc) is 1.97. The number of nitrogens with two attached hydrogens (primary N) is 1. The molecule has 0 aliphatic rings. The molecule has 0 aliphatic heterocycles. The van der Waals surface area contributed by atoms with Crippen molar-refractivity contribution in [2.45, 2.75) is 11.3 Å². The summed E-state index contributed by atoms with van der Waals surface area (Å²) in [4.78, 5) is 0.0587. The van der Waals surface area contributed by atoms with Gasteiger partial charge >= 0.3 is 6.36 Å². The van der Waals surface area contributed by atoms with Gasteiger partial charge in [-0.1, -0.05) is 0 Å². The number of thiol groups is 1. The van der Waals surface area contributed by atoms with Crippen LogP contribution in [0.1, 0.15) is 0 Å². The highest BCUT2D eigenvalue weighted by molar-refractivity contribution is 9.10. The van der Waals surface area contributed by atoms with Gasteiger partial charge in [0.1, 0.15) is 5.75 Å². The third-order valence-corrected chi connectivity index (χ3v) is 2.34. The molecule has 0 spiro atoms. The number of alkyl halides is 3. The summed E-state index contributed by atoms with van der Waals surface area (Å²) in [5, 5.41) is 0. The lowest BCUT2D eigenvalue weighted by Gasteiger charge is -2.11. The second kappa shape index (κ2) is 3.90. The second-order valence-corrected chi connectivity index (χ2v) is 3.73. The van der Waals surface area contributed by atoms with E-state index >= 15 is 0 Å². The highest BCUT2D eigenvalue weighted by atomic mass is 79.9. The Bertz CT molecular complexity index is 356. The van der Waals surface area contributed by atoms with E-state index in [9.17, 15) is 13.2 Å². The van der Waals surface area contributed by atoms with Crippen LogP contribution in [0.2, 0.25) is 0 Å². The molecule has 2 nitrogen and oxygen atoms in total. The van der Waals surface area contributed by atoms with Crippen LogP contribution in [-0.2, 0) is 0 Å². The Hall–Kier alpha value is -0.560. The van der Waals surface area contributed by atoms with Crippen LogP contribution in [0.15, 0.2) is 21.5 Å². The fourth-order valence-electron chi connectivity index (χ4n) is 0.765. The van der Waals surface area contributed by atoms with Crippen LogP contribution in [0.4, 0.5) is 18.9 Å². The van der Waals surface area contributed by atoms with Gasteiger partial charge in [-0.3, -0.25) is 0 Å². The molecule has 0 aliphatic carbocycles. The van der Waals surface area contributed by atoms with Crippen molar-refractivity contribution >= 4 is 34.2 Å². The van der Waals surface area contributed by atoms with Gasteiger partial charge in [0, 0.05) is 21.1 Å². The number of benzene rings is 1. The second-order valence-electron chi connectivity index (χ2n) is 2.39. The van der Waals surface area contributed by atoms with Crippen LogP contribution in [0, 0.1) is 0 Å². The monoisotopic (exact) mass is 287 g/mol. The predicted molar refractivity (Wildman–Crippen MR) is 52.5 cm³/mol. The van der Waals surface area contributed by atoms with E-state index in [4.69, 9.17) is 5.73 Å². The molecule has 0 atom stereocenters. The molecule has 0 bridgehead atoms.